The number of carbonyl (C=O) groups excluding carboxylic acids is 1. The Labute approximate surface area is 121 Å². The van der Waals surface area contributed by atoms with Crippen LogP contribution < -0.4 is 4.72 Å². The molecule has 0 saturated carbocycles. The number of ether oxygens (including phenoxy) is 2. The van der Waals surface area contributed by atoms with Crippen LogP contribution in [0.2, 0.25) is 0 Å². The Morgan fingerprint density at radius 3 is 2.71 bits per heavy atom. The van der Waals surface area contributed by atoms with Crippen LogP contribution in [0.5, 0.6) is 0 Å². The predicted molar refractivity (Wildman–Crippen MR) is 71.1 cm³/mol. The van der Waals surface area contributed by atoms with Crippen LogP contribution in [0.25, 0.3) is 0 Å². The van der Waals surface area contributed by atoms with Gasteiger partial charge in [0.1, 0.15) is 17.3 Å². The Bertz CT molecular complexity index is 636. The first-order valence-corrected chi connectivity index (χ1v) is 7.86. The van der Waals surface area contributed by atoms with Crippen LogP contribution in [0.15, 0.2) is 11.1 Å². The highest BCUT2D eigenvalue weighted by Gasteiger charge is 2.39. The minimum absolute atomic E-state index is 0.110. The van der Waals surface area contributed by atoms with Gasteiger partial charge in [0, 0.05) is 11.8 Å². The van der Waals surface area contributed by atoms with Gasteiger partial charge in [-0.05, 0) is 13.8 Å². The SMILES string of the molecule is CCOC(=O)c1[nH]cc(S(=O)(=O)NC2(C)COC2)c1CF. The summed E-state index contributed by atoms with van der Waals surface area (Å²) < 4.78 is 50.0. The first-order chi connectivity index (χ1) is 9.83. The maximum atomic E-state index is 13.2. The van der Waals surface area contributed by atoms with Crippen molar-refractivity contribution < 1.29 is 27.1 Å². The lowest BCUT2D eigenvalue weighted by Gasteiger charge is -2.38. The van der Waals surface area contributed by atoms with E-state index in [-0.39, 0.29) is 36.0 Å². The van der Waals surface area contributed by atoms with E-state index >= 15 is 0 Å². The summed E-state index contributed by atoms with van der Waals surface area (Å²) in [5, 5.41) is 0. The lowest BCUT2D eigenvalue weighted by molar-refractivity contribution is -0.0523. The summed E-state index contributed by atoms with van der Waals surface area (Å²) in [6.07, 6.45) is 1.09. The monoisotopic (exact) mass is 320 g/mol. The maximum Gasteiger partial charge on any atom is 0.355 e. The number of aromatic amines is 1. The Kier molecular flexibility index (Phi) is 4.35. The van der Waals surface area contributed by atoms with Crippen molar-refractivity contribution in [1.82, 2.24) is 9.71 Å². The molecule has 7 nitrogen and oxygen atoms in total. The highest BCUT2D eigenvalue weighted by molar-refractivity contribution is 7.89. The van der Waals surface area contributed by atoms with Crippen LogP contribution >= 0.6 is 0 Å². The van der Waals surface area contributed by atoms with Gasteiger partial charge in [-0.3, -0.25) is 0 Å². The lowest BCUT2D eigenvalue weighted by Crippen LogP contribution is -2.59. The summed E-state index contributed by atoms with van der Waals surface area (Å²) in [5.74, 6) is -0.787. The molecule has 0 spiro atoms. The molecule has 2 heterocycles. The number of nitrogens with one attached hydrogen (secondary N) is 2. The molecule has 9 heteroatoms. The van der Waals surface area contributed by atoms with Gasteiger partial charge in [0.15, 0.2) is 0 Å². The Morgan fingerprint density at radius 2 is 2.24 bits per heavy atom. The minimum atomic E-state index is -3.96. The molecule has 1 fully saturated rings. The van der Waals surface area contributed by atoms with Crippen LogP contribution in [-0.2, 0) is 26.2 Å². The van der Waals surface area contributed by atoms with Crippen LogP contribution in [-0.4, -0.2) is 44.7 Å². The first-order valence-electron chi connectivity index (χ1n) is 6.38. The molecule has 0 unspecified atom stereocenters. The van der Waals surface area contributed by atoms with Crippen LogP contribution in [0, 0.1) is 0 Å². The first kappa shape index (κ1) is 15.9. The van der Waals surface area contributed by atoms with Crippen LogP contribution in [0.1, 0.15) is 29.9 Å². The smallest absolute Gasteiger partial charge is 0.355 e. The van der Waals surface area contributed by atoms with Crippen molar-refractivity contribution in [3.8, 4) is 0 Å². The zero-order valence-corrected chi connectivity index (χ0v) is 12.5. The van der Waals surface area contributed by atoms with Gasteiger partial charge in [0.05, 0.1) is 25.4 Å². The summed E-state index contributed by atoms with van der Waals surface area (Å²) in [7, 11) is -3.96. The highest BCUT2D eigenvalue weighted by Crippen LogP contribution is 2.25. The number of H-pyrrole nitrogens is 1. The van der Waals surface area contributed by atoms with Gasteiger partial charge in [-0.1, -0.05) is 0 Å². The van der Waals surface area contributed by atoms with Gasteiger partial charge < -0.3 is 14.5 Å². The van der Waals surface area contributed by atoms with Crippen molar-refractivity contribution in [2.75, 3.05) is 19.8 Å². The second-order valence-corrected chi connectivity index (χ2v) is 6.67. The van der Waals surface area contributed by atoms with E-state index in [0.717, 1.165) is 6.20 Å². The molecule has 0 radical (unpaired) electrons. The van der Waals surface area contributed by atoms with E-state index in [1.54, 1.807) is 13.8 Å². The third-order valence-corrected chi connectivity index (χ3v) is 4.78. The molecule has 1 aliphatic heterocycles. The van der Waals surface area contributed by atoms with Crippen molar-refractivity contribution in [1.29, 1.82) is 0 Å². The molecule has 1 aromatic heterocycles. The molecule has 0 bridgehead atoms. The van der Waals surface area contributed by atoms with E-state index in [1.807, 2.05) is 0 Å². The normalized spacial score (nSPS) is 17.3. The number of carbonyl (C=O) groups is 1. The number of hydrogen-bond donors (Lipinski definition) is 2. The lowest BCUT2D eigenvalue weighted by atomic mass is 10.0. The van der Waals surface area contributed by atoms with Gasteiger partial charge in [-0.15, -0.1) is 0 Å². The Hall–Kier alpha value is -1.45. The van der Waals surface area contributed by atoms with Crippen LogP contribution in [0.3, 0.4) is 0 Å². The summed E-state index contributed by atoms with van der Waals surface area (Å²) in [6.45, 7) is 2.79. The molecular weight excluding hydrogens is 303 g/mol. The number of halogens is 1. The van der Waals surface area contributed by atoms with Crippen molar-refractivity contribution in [2.24, 2.45) is 0 Å². The highest BCUT2D eigenvalue weighted by atomic mass is 32.2. The quantitative estimate of drug-likeness (QED) is 0.753. The molecular formula is C12H17FN2O5S. The van der Waals surface area contributed by atoms with E-state index in [2.05, 4.69) is 9.71 Å². The molecule has 2 rings (SSSR count). The van der Waals surface area contributed by atoms with Crippen molar-refractivity contribution in [2.45, 2.75) is 31.0 Å². The number of esters is 1. The number of aromatic nitrogens is 1. The van der Waals surface area contributed by atoms with Crippen molar-refractivity contribution in [3.05, 3.63) is 17.5 Å². The molecule has 0 aromatic carbocycles. The largest absolute Gasteiger partial charge is 0.461 e. The molecule has 1 aromatic rings. The zero-order chi connectivity index (χ0) is 15.7. The average Bonchev–Trinajstić information content (AvgIpc) is 2.81. The number of rotatable bonds is 6. The van der Waals surface area contributed by atoms with E-state index in [9.17, 15) is 17.6 Å². The molecule has 0 atom stereocenters. The van der Waals surface area contributed by atoms with Crippen LogP contribution in [0.4, 0.5) is 4.39 Å². The number of sulfonamides is 1. The molecule has 118 valence electrons. The summed E-state index contributed by atoms with van der Waals surface area (Å²) in [6, 6.07) is 0. The average molecular weight is 320 g/mol. The molecule has 21 heavy (non-hydrogen) atoms. The van der Waals surface area contributed by atoms with E-state index in [4.69, 9.17) is 9.47 Å². The summed E-state index contributed by atoms with van der Waals surface area (Å²) in [5.41, 5.74) is -1.13. The minimum Gasteiger partial charge on any atom is -0.461 e. The molecule has 1 aliphatic rings. The fourth-order valence-corrected chi connectivity index (χ4v) is 3.61. The van der Waals surface area contributed by atoms with E-state index < -0.39 is 28.2 Å². The predicted octanol–water partition coefficient (Wildman–Crippen LogP) is 0.728. The van der Waals surface area contributed by atoms with Gasteiger partial charge in [-0.25, -0.2) is 22.3 Å². The van der Waals surface area contributed by atoms with E-state index in [0.29, 0.717) is 0 Å². The van der Waals surface area contributed by atoms with Gasteiger partial charge >= 0.3 is 5.97 Å². The van der Waals surface area contributed by atoms with E-state index in [1.165, 1.54) is 0 Å². The number of hydrogen-bond acceptors (Lipinski definition) is 5. The fourth-order valence-electron chi connectivity index (χ4n) is 2.04. The second kappa shape index (κ2) is 5.74. The van der Waals surface area contributed by atoms with Crippen molar-refractivity contribution >= 4 is 16.0 Å². The second-order valence-electron chi connectivity index (χ2n) is 5.02. The Morgan fingerprint density at radius 1 is 1.57 bits per heavy atom. The topological polar surface area (TPSA) is 97.5 Å². The van der Waals surface area contributed by atoms with Crippen molar-refractivity contribution in [3.63, 3.8) is 0 Å². The standard InChI is InChI=1S/C12H17FN2O5S/c1-3-20-11(16)10-8(4-13)9(5-14-10)21(17,18)15-12(2)6-19-7-12/h5,14-15H,3-4,6-7H2,1-2H3. The maximum absolute atomic E-state index is 13.2. The van der Waals surface area contributed by atoms with Gasteiger partial charge in [0.2, 0.25) is 10.0 Å². The number of alkyl halides is 1. The zero-order valence-electron chi connectivity index (χ0n) is 11.7. The third kappa shape index (κ3) is 3.09. The summed E-state index contributed by atoms with van der Waals surface area (Å²) >= 11 is 0. The summed E-state index contributed by atoms with van der Waals surface area (Å²) in [4.78, 5) is 13.8. The molecule has 0 amide bonds. The third-order valence-electron chi connectivity index (χ3n) is 3.07. The van der Waals surface area contributed by atoms with Gasteiger partial charge in [-0.2, -0.15) is 0 Å². The molecule has 0 aliphatic carbocycles. The molecule has 2 N–H and O–H groups in total. The Balaban J connectivity index is 2.33. The fraction of sp³-hybridized carbons (Fsp3) is 0.583. The molecule has 1 saturated heterocycles. The van der Waals surface area contributed by atoms with Gasteiger partial charge in [0.25, 0.3) is 0 Å².